The lowest BCUT2D eigenvalue weighted by Gasteiger charge is -2.34. The molecule has 0 aromatic heterocycles. The lowest BCUT2D eigenvalue weighted by atomic mass is 10.2. The first-order valence-electron chi connectivity index (χ1n) is 10.2. The fraction of sp³-hybridized carbons (Fsp3) is 0.650. The fourth-order valence-corrected chi connectivity index (χ4v) is 5.20. The summed E-state index contributed by atoms with van der Waals surface area (Å²) in [7, 11) is -3.72. The van der Waals surface area contributed by atoms with Gasteiger partial charge in [0.2, 0.25) is 15.9 Å². The van der Waals surface area contributed by atoms with Crippen molar-refractivity contribution in [2.24, 2.45) is 0 Å². The van der Waals surface area contributed by atoms with Gasteiger partial charge in [-0.2, -0.15) is 4.31 Å². The summed E-state index contributed by atoms with van der Waals surface area (Å²) < 4.78 is 38.6. The van der Waals surface area contributed by atoms with Gasteiger partial charge in [0.25, 0.3) is 0 Å². The lowest BCUT2D eigenvalue weighted by molar-refractivity contribution is -0.121. The van der Waals surface area contributed by atoms with Crippen LogP contribution < -0.4 is 10.1 Å². The Morgan fingerprint density at radius 2 is 1.83 bits per heavy atom. The zero-order valence-corrected chi connectivity index (χ0v) is 18.8. The van der Waals surface area contributed by atoms with Crippen LogP contribution in [0.25, 0.3) is 0 Å². The quantitative estimate of drug-likeness (QED) is 0.650. The highest BCUT2D eigenvalue weighted by atomic mass is 32.2. The van der Waals surface area contributed by atoms with E-state index in [1.807, 2.05) is 18.7 Å². The first kappa shape index (κ1) is 23.6. The molecule has 0 saturated carbocycles. The van der Waals surface area contributed by atoms with E-state index in [-0.39, 0.29) is 35.3 Å². The number of amides is 1. The maximum atomic E-state index is 13.0. The van der Waals surface area contributed by atoms with Crippen LogP contribution in [-0.4, -0.2) is 75.1 Å². The third-order valence-corrected chi connectivity index (χ3v) is 6.78. The van der Waals surface area contributed by atoms with Gasteiger partial charge in [0.15, 0.2) is 0 Å². The van der Waals surface area contributed by atoms with Crippen LogP contribution in [0.5, 0.6) is 5.75 Å². The zero-order valence-electron chi connectivity index (χ0n) is 18.0. The van der Waals surface area contributed by atoms with Gasteiger partial charge >= 0.3 is 0 Å². The monoisotopic (exact) mass is 427 g/mol. The first-order chi connectivity index (χ1) is 13.7. The van der Waals surface area contributed by atoms with Crippen molar-refractivity contribution in [3.8, 4) is 5.75 Å². The van der Waals surface area contributed by atoms with Gasteiger partial charge in [-0.3, -0.25) is 9.69 Å². The van der Waals surface area contributed by atoms with E-state index in [1.165, 1.54) is 10.4 Å². The van der Waals surface area contributed by atoms with E-state index in [0.29, 0.717) is 38.5 Å². The molecule has 8 nitrogen and oxygen atoms in total. The number of nitrogens with zero attached hydrogens (tertiary/aromatic N) is 2. The second kappa shape index (κ2) is 10.4. The maximum Gasteiger partial charge on any atom is 0.246 e. The van der Waals surface area contributed by atoms with E-state index in [9.17, 15) is 13.2 Å². The molecule has 1 N–H and O–H groups in total. The van der Waals surface area contributed by atoms with Crippen LogP contribution in [0, 0.1) is 0 Å². The molecule has 0 radical (unpaired) electrons. The van der Waals surface area contributed by atoms with E-state index >= 15 is 0 Å². The minimum Gasteiger partial charge on any atom is -0.492 e. The number of morpholine rings is 1. The zero-order chi connectivity index (χ0) is 21.6. The Hall–Kier alpha value is -1.68. The molecule has 1 heterocycles. The summed E-state index contributed by atoms with van der Waals surface area (Å²) in [5, 5.41) is 2.82. The van der Waals surface area contributed by atoms with Gasteiger partial charge < -0.3 is 14.8 Å². The van der Waals surface area contributed by atoms with E-state index < -0.39 is 10.0 Å². The smallest absolute Gasteiger partial charge is 0.246 e. The van der Waals surface area contributed by atoms with Crippen molar-refractivity contribution < 1.29 is 22.7 Å². The minimum atomic E-state index is -3.72. The van der Waals surface area contributed by atoms with E-state index in [1.54, 1.807) is 32.9 Å². The molecule has 1 fully saturated rings. The van der Waals surface area contributed by atoms with Crippen molar-refractivity contribution in [3.05, 3.63) is 18.2 Å². The molecule has 0 bridgehead atoms. The summed E-state index contributed by atoms with van der Waals surface area (Å²) in [6, 6.07) is 4.73. The van der Waals surface area contributed by atoms with E-state index in [2.05, 4.69) is 5.32 Å². The molecule has 0 spiro atoms. The van der Waals surface area contributed by atoms with E-state index in [4.69, 9.17) is 9.47 Å². The Morgan fingerprint density at radius 1 is 1.21 bits per heavy atom. The minimum absolute atomic E-state index is 0.0643. The summed E-state index contributed by atoms with van der Waals surface area (Å²) in [5.41, 5.74) is 0.429. The number of carbonyl (C=O) groups excluding carboxylic acids is 1. The van der Waals surface area contributed by atoms with Gasteiger partial charge in [-0.05, 0) is 39.0 Å². The first-order valence-corrected chi connectivity index (χ1v) is 11.6. The van der Waals surface area contributed by atoms with Gasteiger partial charge in [-0.1, -0.05) is 13.8 Å². The van der Waals surface area contributed by atoms with Crippen molar-refractivity contribution in [2.45, 2.75) is 51.7 Å². The van der Waals surface area contributed by atoms with Gasteiger partial charge in [0.05, 0.1) is 25.4 Å². The Morgan fingerprint density at radius 3 is 2.38 bits per heavy atom. The van der Waals surface area contributed by atoms with E-state index in [0.717, 1.165) is 0 Å². The summed E-state index contributed by atoms with van der Waals surface area (Å²) in [5.74, 6) is 0.0925. The van der Waals surface area contributed by atoms with Gasteiger partial charge in [-0.25, -0.2) is 8.42 Å². The normalized spacial score (nSPS) is 20.6. The van der Waals surface area contributed by atoms with Crippen molar-refractivity contribution in [1.82, 2.24) is 9.21 Å². The van der Waals surface area contributed by atoms with Crippen LogP contribution in [0.1, 0.15) is 34.6 Å². The van der Waals surface area contributed by atoms with Crippen LogP contribution in [0.4, 0.5) is 5.69 Å². The summed E-state index contributed by atoms with van der Waals surface area (Å²) >= 11 is 0. The largest absolute Gasteiger partial charge is 0.492 e. The summed E-state index contributed by atoms with van der Waals surface area (Å²) in [4.78, 5) is 14.6. The Bertz CT molecular complexity index is 785. The number of rotatable bonds is 9. The highest BCUT2D eigenvalue weighted by molar-refractivity contribution is 7.89. The SMILES string of the molecule is CCOc1ccc(NC(=O)CN2C[C@@H](C)O[C@H](C)C2)cc1S(=O)(=O)N(CC)CC. The van der Waals surface area contributed by atoms with Crippen LogP contribution in [0.2, 0.25) is 0 Å². The molecular weight excluding hydrogens is 394 g/mol. The molecule has 0 unspecified atom stereocenters. The number of hydrogen-bond donors (Lipinski definition) is 1. The highest BCUT2D eigenvalue weighted by Gasteiger charge is 2.27. The van der Waals surface area contributed by atoms with Crippen LogP contribution in [0.15, 0.2) is 23.1 Å². The number of ether oxygens (including phenoxy) is 2. The third-order valence-electron chi connectivity index (χ3n) is 4.71. The number of hydrogen-bond acceptors (Lipinski definition) is 6. The number of benzene rings is 1. The standard InChI is InChI=1S/C20H33N3O5S/c1-6-23(7-2)29(25,26)19-11-17(9-10-18(19)27-8-3)21-20(24)14-22-12-15(4)28-16(5)13-22/h9-11,15-16H,6-8,12-14H2,1-5H3,(H,21,24)/t15-,16-/m1/s1. The van der Waals surface area contributed by atoms with Gasteiger partial charge in [0.1, 0.15) is 10.6 Å². The molecular formula is C20H33N3O5S. The molecule has 1 aromatic carbocycles. The predicted octanol–water partition coefficient (Wildman–Crippen LogP) is 2.16. The molecule has 1 aliphatic rings. The molecule has 0 aliphatic carbocycles. The van der Waals surface area contributed by atoms with Crippen molar-refractivity contribution >= 4 is 21.6 Å². The molecule has 164 valence electrons. The van der Waals surface area contributed by atoms with Gasteiger partial charge in [0, 0.05) is 31.9 Å². The maximum absolute atomic E-state index is 13.0. The van der Waals surface area contributed by atoms with Gasteiger partial charge in [-0.15, -0.1) is 0 Å². The molecule has 1 amide bonds. The number of anilines is 1. The Labute approximate surface area is 174 Å². The van der Waals surface area contributed by atoms with Crippen LogP contribution in [-0.2, 0) is 19.6 Å². The second-order valence-corrected chi connectivity index (χ2v) is 9.09. The number of carbonyl (C=O) groups is 1. The fourth-order valence-electron chi connectivity index (χ4n) is 3.58. The van der Waals surface area contributed by atoms with Crippen LogP contribution >= 0.6 is 0 Å². The molecule has 9 heteroatoms. The van der Waals surface area contributed by atoms with Crippen molar-refractivity contribution in [1.29, 1.82) is 0 Å². The third kappa shape index (κ3) is 6.15. The van der Waals surface area contributed by atoms with Crippen LogP contribution in [0.3, 0.4) is 0 Å². The molecule has 2 atom stereocenters. The Kier molecular flexibility index (Phi) is 8.45. The molecule has 1 saturated heterocycles. The molecule has 1 aromatic rings. The highest BCUT2D eigenvalue weighted by Crippen LogP contribution is 2.30. The topological polar surface area (TPSA) is 88.2 Å². The molecule has 29 heavy (non-hydrogen) atoms. The Balaban J connectivity index is 2.20. The average molecular weight is 428 g/mol. The predicted molar refractivity (Wildman–Crippen MR) is 113 cm³/mol. The molecule has 2 rings (SSSR count). The summed E-state index contributed by atoms with van der Waals surface area (Å²) in [6.07, 6.45) is 0.144. The summed E-state index contributed by atoms with van der Waals surface area (Å²) in [6.45, 7) is 12.0. The number of nitrogens with one attached hydrogen (secondary N) is 1. The molecule has 1 aliphatic heterocycles. The van der Waals surface area contributed by atoms with Crippen molar-refractivity contribution in [2.75, 3.05) is 44.6 Å². The van der Waals surface area contributed by atoms with Crippen molar-refractivity contribution in [3.63, 3.8) is 0 Å². The number of sulfonamides is 1. The average Bonchev–Trinajstić information content (AvgIpc) is 2.63. The lowest BCUT2D eigenvalue weighted by Crippen LogP contribution is -2.48. The second-order valence-electron chi connectivity index (χ2n) is 7.18.